The Morgan fingerprint density at radius 2 is 1.89 bits per heavy atom. The van der Waals surface area contributed by atoms with Crippen molar-refractivity contribution in [2.45, 2.75) is 13.5 Å². The fourth-order valence-corrected chi connectivity index (χ4v) is 2.58. The average molecular weight is 366 g/mol. The average Bonchev–Trinajstić information content (AvgIpc) is 3.14. The predicted molar refractivity (Wildman–Crippen MR) is 102 cm³/mol. The van der Waals surface area contributed by atoms with Crippen LogP contribution in [0, 0.1) is 6.92 Å². The maximum Gasteiger partial charge on any atom is 0.257 e. The second-order valence-electron chi connectivity index (χ2n) is 6.34. The standard InChI is InChI=1S/C21H22N2O4/c1-14-8-10-15(11-9-14)20-22-16(13-27-20)12-26-19-17(21(24)23(2)3)6-5-7-18(19)25-4/h5-11,13H,12H2,1-4H3. The third-order valence-electron chi connectivity index (χ3n) is 4.05. The smallest absolute Gasteiger partial charge is 0.257 e. The summed E-state index contributed by atoms with van der Waals surface area (Å²) in [7, 11) is 4.92. The Labute approximate surface area is 158 Å². The van der Waals surface area contributed by atoms with Gasteiger partial charge in [-0.25, -0.2) is 4.98 Å². The molecule has 140 valence electrons. The number of methoxy groups -OCH3 is 1. The number of rotatable bonds is 6. The van der Waals surface area contributed by atoms with Gasteiger partial charge in [-0.3, -0.25) is 4.79 Å². The Hall–Kier alpha value is -3.28. The van der Waals surface area contributed by atoms with Crippen LogP contribution in [0.1, 0.15) is 21.6 Å². The first-order valence-electron chi connectivity index (χ1n) is 8.52. The predicted octanol–water partition coefficient (Wildman–Crippen LogP) is 3.94. The summed E-state index contributed by atoms with van der Waals surface area (Å²) in [5.41, 5.74) is 3.12. The van der Waals surface area contributed by atoms with Gasteiger partial charge >= 0.3 is 0 Å². The van der Waals surface area contributed by atoms with Crippen LogP contribution in [0.5, 0.6) is 11.5 Å². The van der Waals surface area contributed by atoms with Crippen LogP contribution < -0.4 is 9.47 Å². The van der Waals surface area contributed by atoms with E-state index in [1.807, 2.05) is 31.2 Å². The molecule has 1 heterocycles. The molecule has 0 aliphatic heterocycles. The summed E-state index contributed by atoms with van der Waals surface area (Å²) in [6.45, 7) is 2.18. The molecule has 1 amide bonds. The van der Waals surface area contributed by atoms with E-state index in [1.165, 1.54) is 17.6 Å². The van der Waals surface area contributed by atoms with Crippen LogP contribution in [-0.4, -0.2) is 37.0 Å². The Kier molecular flexibility index (Phi) is 5.45. The van der Waals surface area contributed by atoms with Gasteiger partial charge in [0.05, 0.1) is 12.7 Å². The number of hydrogen-bond donors (Lipinski definition) is 0. The normalized spacial score (nSPS) is 10.5. The third kappa shape index (κ3) is 4.11. The first kappa shape index (κ1) is 18.5. The Morgan fingerprint density at radius 3 is 2.56 bits per heavy atom. The van der Waals surface area contributed by atoms with E-state index in [1.54, 1.807) is 38.6 Å². The number of carbonyl (C=O) groups excluding carboxylic acids is 1. The van der Waals surface area contributed by atoms with Crippen molar-refractivity contribution in [3.63, 3.8) is 0 Å². The lowest BCUT2D eigenvalue weighted by molar-refractivity contribution is 0.0821. The van der Waals surface area contributed by atoms with Crippen LogP contribution in [0.2, 0.25) is 0 Å². The molecule has 2 aromatic carbocycles. The zero-order valence-corrected chi connectivity index (χ0v) is 15.9. The molecule has 6 heteroatoms. The van der Waals surface area contributed by atoms with E-state index < -0.39 is 0 Å². The number of ether oxygens (including phenoxy) is 2. The van der Waals surface area contributed by atoms with Gasteiger partial charge in [0.2, 0.25) is 5.89 Å². The molecule has 6 nitrogen and oxygen atoms in total. The van der Waals surface area contributed by atoms with Gasteiger partial charge in [0.25, 0.3) is 5.91 Å². The van der Waals surface area contributed by atoms with Crippen molar-refractivity contribution in [3.8, 4) is 23.0 Å². The van der Waals surface area contributed by atoms with Crippen molar-refractivity contribution in [1.82, 2.24) is 9.88 Å². The number of hydrogen-bond acceptors (Lipinski definition) is 5. The lowest BCUT2D eigenvalue weighted by Gasteiger charge is -2.16. The molecule has 0 radical (unpaired) electrons. The highest BCUT2D eigenvalue weighted by molar-refractivity contribution is 5.97. The molecule has 0 atom stereocenters. The van der Waals surface area contributed by atoms with Crippen LogP contribution in [0.15, 0.2) is 53.1 Å². The zero-order valence-electron chi connectivity index (χ0n) is 15.9. The van der Waals surface area contributed by atoms with Crippen molar-refractivity contribution >= 4 is 5.91 Å². The number of oxazole rings is 1. The van der Waals surface area contributed by atoms with E-state index in [0.29, 0.717) is 28.6 Å². The minimum Gasteiger partial charge on any atom is -0.493 e. The van der Waals surface area contributed by atoms with Gasteiger partial charge < -0.3 is 18.8 Å². The molecule has 3 rings (SSSR count). The van der Waals surface area contributed by atoms with E-state index in [2.05, 4.69) is 4.98 Å². The van der Waals surface area contributed by atoms with Gasteiger partial charge in [-0.05, 0) is 31.2 Å². The van der Waals surface area contributed by atoms with Crippen LogP contribution in [0.25, 0.3) is 11.5 Å². The highest BCUT2D eigenvalue weighted by Crippen LogP contribution is 2.32. The Bertz CT molecular complexity index is 930. The molecule has 3 aromatic rings. The molecule has 27 heavy (non-hydrogen) atoms. The summed E-state index contributed by atoms with van der Waals surface area (Å²) < 4.78 is 16.8. The fourth-order valence-electron chi connectivity index (χ4n) is 2.58. The maximum absolute atomic E-state index is 12.4. The number of carbonyl (C=O) groups is 1. The van der Waals surface area contributed by atoms with E-state index in [4.69, 9.17) is 13.9 Å². The summed E-state index contributed by atoms with van der Waals surface area (Å²) in [4.78, 5) is 18.4. The van der Waals surface area contributed by atoms with Crippen molar-refractivity contribution in [2.75, 3.05) is 21.2 Å². The third-order valence-corrected chi connectivity index (χ3v) is 4.05. The molecule has 0 bridgehead atoms. The van der Waals surface area contributed by atoms with Crippen molar-refractivity contribution in [3.05, 3.63) is 65.5 Å². The highest BCUT2D eigenvalue weighted by atomic mass is 16.5. The molecule has 1 aromatic heterocycles. The number of para-hydroxylation sites is 1. The molecule has 0 spiro atoms. The zero-order chi connectivity index (χ0) is 19.4. The van der Waals surface area contributed by atoms with E-state index >= 15 is 0 Å². The van der Waals surface area contributed by atoms with Crippen molar-refractivity contribution in [2.24, 2.45) is 0 Å². The molecule has 0 N–H and O–H groups in total. The lowest BCUT2D eigenvalue weighted by Crippen LogP contribution is -2.22. The molecule has 0 aliphatic rings. The second-order valence-corrected chi connectivity index (χ2v) is 6.34. The molecule has 0 unspecified atom stereocenters. The topological polar surface area (TPSA) is 64.8 Å². The second kappa shape index (κ2) is 7.95. The minimum atomic E-state index is -0.163. The summed E-state index contributed by atoms with van der Waals surface area (Å²) in [6, 6.07) is 13.1. The summed E-state index contributed by atoms with van der Waals surface area (Å²) in [5.74, 6) is 1.24. The lowest BCUT2D eigenvalue weighted by atomic mass is 10.1. The van der Waals surface area contributed by atoms with Crippen LogP contribution in [-0.2, 0) is 6.61 Å². The van der Waals surface area contributed by atoms with Crippen molar-refractivity contribution < 1.29 is 18.7 Å². The number of amides is 1. The van der Waals surface area contributed by atoms with Crippen LogP contribution >= 0.6 is 0 Å². The van der Waals surface area contributed by atoms with Crippen molar-refractivity contribution in [1.29, 1.82) is 0 Å². The van der Waals surface area contributed by atoms with Crippen LogP contribution in [0.3, 0.4) is 0 Å². The van der Waals surface area contributed by atoms with E-state index in [0.717, 1.165) is 5.56 Å². The number of nitrogens with zero attached hydrogens (tertiary/aromatic N) is 2. The molecular weight excluding hydrogens is 344 g/mol. The van der Waals surface area contributed by atoms with Gasteiger partial charge in [-0.15, -0.1) is 0 Å². The number of aryl methyl sites for hydroxylation is 1. The van der Waals surface area contributed by atoms with Gasteiger partial charge in [0, 0.05) is 19.7 Å². The van der Waals surface area contributed by atoms with Gasteiger partial charge in [0.15, 0.2) is 11.5 Å². The summed E-state index contributed by atoms with van der Waals surface area (Å²) in [6.07, 6.45) is 1.55. The summed E-state index contributed by atoms with van der Waals surface area (Å²) >= 11 is 0. The molecule has 0 aliphatic carbocycles. The number of aromatic nitrogens is 1. The van der Waals surface area contributed by atoms with Gasteiger partial charge in [-0.1, -0.05) is 23.8 Å². The molecule has 0 saturated heterocycles. The first-order valence-corrected chi connectivity index (χ1v) is 8.52. The molecule has 0 saturated carbocycles. The SMILES string of the molecule is COc1cccc(C(=O)N(C)C)c1OCc1coc(-c2ccc(C)cc2)n1. The molecular formula is C21H22N2O4. The van der Waals surface area contributed by atoms with Crippen LogP contribution in [0.4, 0.5) is 0 Å². The monoisotopic (exact) mass is 366 g/mol. The van der Waals surface area contributed by atoms with Gasteiger partial charge in [-0.2, -0.15) is 0 Å². The summed E-state index contributed by atoms with van der Waals surface area (Å²) in [5, 5.41) is 0. The molecule has 0 fully saturated rings. The Morgan fingerprint density at radius 1 is 1.15 bits per heavy atom. The quantitative estimate of drug-likeness (QED) is 0.661. The minimum absolute atomic E-state index is 0.156. The maximum atomic E-state index is 12.4. The highest BCUT2D eigenvalue weighted by Gasteiger charge is 2.19. The van der Waals surface area contributed by atoms with E-state index in [9.17, 15) is 4.79 Å². The largest absolute Gasteiger partial charge is 0.493 e. The van der Waals surface area contributed by atoms with Gasteiger partial charge in [0.1, 0.15) is 18.6 Å². The number of benzene rings is 2. The first-order chi connectivity index (χ1) is 13.0. The fraction of sp³-hybridized carbons (Fsp3) is 0.238. The van der Waals surface area contributed by atoms with E-state index in [-0.39, 0.29) is 12.5 Å². The Balaban J connectivity index is 1.81.